The van der Waals surface area contributed by atoms with E-state index in [1.807, 2.05) is 0 Å². The molecule has 1 aliphatic rings. The molecule has 11 heavy (non-hydrogen) atoms. The largest absolute Gasteiger partial charge is 0.469 e. The van der Waals surface area contributed by atoms with E-state index in [4.69, 9.17) is 9.47 Å². The Kier molecular flexibility index (Phi) is 2.84. The number of rotatable bonds is 2. The monoisotopic (exact) mass is 160 g/mol. The van der Waals surface area contributed by atoms with Gasteiger partial charge in [-0.25, -0.2) is 0 Å². The van der Waals surface area contributed by atoms with Crippen molar-refractivity contribution in [3.63, 3.8) is 0 Å². The molecule has 0 unspecified atom stereocenters. The summed E-state index contributed by atoms with van der Waals surface area (Å²) in [5.41, 5.74) is 0. The fourth-order valence-corrected chi connectivity index (χ4v) is 1.18. The molecule has 0 radical (unpaired) electrons. The van der Waals surface area contributed by atoms with Gasteiger partial charge < -0.3 is 14.2 Å². The first kappa shape index (κ1) is 8.49. The van der Waals surface area contributed by atoms with Crippen molar-refractivity contribution in [2.24, 2.45) is 5.92 Å². The van der Waals surface area contributed by atoms with E-state index in [1.54, 1.807) is 0 Å². The van der Waals surface area contributed by atoms with Gasteiger partial charge in [0.2, 0.25) is 0 Å². The number of carbonyl (C=O) groups excluding carboxylic acids is 1. The highest BCUT2D eigenvalue weighted by atomic mass is 16.7. The molecule has 4 nitrogen and oxygen atoms in total. The molecule has 0 aliphatic carbocycles. The molecule has 0 aromatic rings. The zero-order valence-electron chi connectivity index (χ0n) is 6.70. The number of methoxy groups -OCH3 is 2. The average Bonchev–Trinajstić information content (AvgIpc) is 2.50. The third-order valence-corrected chi connectivity index (χ3v) is 1.78. The summed E-state index contributed by atoms with van der Waals surface area (Å²) in [6, 6.07) is 0. The van der Waals surface area contributed by atoms with Gasteiger partial charge in [0.15, 0.2) is 6.29 Å². The Bertz CT molecular complexity index is 145. The molecule has 0 N–H and O–H groups in total. The molecule has 1 rings (SSSR count). The van der Waals surface area contributed by atoms with Crippen molar-refractivity contribution >= 4 is 5.97 Å². The van der Waals surface area contributed by atoms with Gasteiger partial charge in [0.05, 0.1) is 13.7 Å². The molecule has 4 heteroatoms. The van der Waals surface area contributed by atoms with Crippen molar-refractivity contribution in [3.8, 4) is 0 Å². The van der Waals surface area contributed by atoms with E-state index in [2.05, 4.69) is 4.74 Å². The number of carbonyl (C=O) groups is 1. The standard InChI is InChI=1S/C7H12O4/c1-9-6(8)5-3-4-11-7(5)10-2/h5,7H,3-4H2,1-2H3/t5-,7-/m1/s1. The molecular formula is C7H12O4. The molecule has 1 aliphatic heterocycles. The minimum atomic E-state index is -0.414. The normalized spacial score (nSPS) is 30.4. The maximum Gasteiger partial charge on any atom is 0.313 e. The molecule has 64 valence electrons. The highest BCUT2D eigenvalue weighted by Crippen LogP contribution is 2.22. The summed E-state index contributed by atoms with van der Waals surface area (Å²) >= 11 is 0. The minimum absolute atomic E-state index is 0.245. The Balaban J connectivity index is 2.49. The van der Waals surface area contributed by atoms with Gasteiger partial charge in [0, 0.05) is 7.11 Å². The van der Waals surface area contributed by atoms with Crippen LogP contribution in [0.4, 0.5) is 0 Å². The molecule has 0 bridgehead atoms. The molecular weight excluding hydrogens is 148 g/mol. The third-order valence-electron chi connectivity index (χ3n) is 1.78. The fraction of sp³-hybridized carbons (Fsp3) is 0.857. The van der Waals surface area contributed by atoms with Gasteiger partial charge in [-0.05, 0) is 6.42 Å². The first-order valence-corrected chi connectivity index (χ1v) is 3.52. The second-order valence-corrected chi connectivity index (χ2v) is 2.39. The van der Waals surface area contributed by atoms with Crippen LogP contribution in [0.15, 0.2) is 0 Å². The Hall–Kier alpha value is -0.610. The average molecular weight is 160 g/mol. The van der Waals surface area contributed by atoms with Crippen LogP contribution < -0.4 is 0 Å². The zero-order chi connectivity index (χ0) is 8.27. The van der Waals surface area contributed by atoms with Crippen LogP contribution in [-0.2, 0) is 19.0 Å². The van der Waals surface area contributed by atoms with Gasteiger partial charge in [-0.3, -0.25) is 4.79 Å². The summed E-state index contributed by atoms with van der Waals surface area (Å²) in [4.78, 5) is 11.0. The molecule has 1 saturated heterocycles. The molecule has 2 atom stereocenters. The molecule has 0 aromatic heterocycles. The third kappa shape index (κ3) is 1.70. The van der Waals surface area contributed by atoms with E-state index in [0.717, 1.165) is 0 Å². The first-order chi connectivity index (χ1) is 5.29. The lowest BCUT2D eigenvalue weighted by Crippen LogP contribution is -2.26. The fourth-order valence-electron chi connectivity index (χ4n) is 1.18. The molecule has 0 saturated carbocycles. The first-order valence-electron chi connectivity index (χ1n) is 3.52. The summed E-state index contributed by atoms with van der Waals surface area (Å²) in [5.74, 6) is -0.501. The van der Waals surface area contributed by atoms with E-state index in [0.29, 0.717) is 13.0 Å². The van der Waals surface area contributed by atoms with Crippen LogP contribution >= 0.6 is 0 Å². The van der Waals surface area contributed by atoms with Crippen LogP contribution in [-0.4, -0.2) is 33.1 Å². The molecule has 0 aromatic carbocycles. The smallest absolute Gasteiger partial charge is 0.313 e. The predicted molar refractivity (Wildman–Crippen MR) is 36.9 cm³/mol. The Morgan fingerprint density at radius 2 is 2.27 bits per heavy atom. The Morgan fingerprint density at radius 1 is 1.55 bits per heavy atom. The minimum Gasteiger partial charge on any atom is -0.469 e. The second-order valence-electron chi connectivity index (χ2n) is 2.39. The summed E-state index contributed by atoms with van der Waals surface area (Å²) in [5, 5.41) is 0. The molecule has 1 fully saturated rings. The van der Waals surface area contributed by atoms with Gasteiger partial charge in [0.1, 0.15) is 5.92 Å². The predicted octanol–water partition coefficient (Wildman–Crippen LogP) is 0.168. The molecule has 0 spiro atoms. The molecule has 1 heterocycles. The van der Waals surface area contributed by atoms with E-state index >= 15 is 0 Å². The highest BCUT2D eigenvalue weighted by Gasteiger charge is 2.34. The molecule has 0 amide bonds. The van der Waals surface area contributed by atoms with E-state index in [9.17, 15) is 4.79 Å². The zero-order valence-corrected chi connectivity index (χ0v) is 6.70. The quantitative estimate of drug-likeness (QED) is 0.540. The van der Waals surface area contributed by atoms with Gasteiger partial charge in [-0.2, -0.15) is 0 Å². The summed E-state index contributed by atoms with van der Waals surface area (Å²) < 4.78 is 14.6. The van der Waals surface area contributed by atoms with E-state index in [-0.39, 0.29) is 11.9 Å². The van der Waals surface area contributed by atoms with Crippen LogP contribution in [0.1, 0.15) is 6.42 Å². The van der Waals surface area contributed by atoms with Crippen molar-refractivity contribution in [1.82, 2.24) is 0 Å². The van der Waals surface area contributed by atoms with Crippen LogP contribution in [0.2, 0.25) is 0 Å². The lowest BCUT2D eigenvalue weighted by Gasteiger charge is -2.13. The van der Waals surface area contributed by atoms with Gasteiger partial charge >= 0.3 is 5.97 Å². The number of ether oxygens (including phenoxy) is 3. The van der Waals surface area contributed by atoms with E-state index in [1.165, 1.54) is 14.2 Å². The second kappa shape index (κ2) is 3.69. The summed E-state index contributed by atoms with van der Waals surface area (Å²) in [7, 11) is 2.89. The van der Waals surface area contributed by atoms with Crippen LogP contribution in [0.3, 0.4) is 0 Å². The van der Waals surface area contributed by atoms with Crippen LogP contribution in [0.5, 0.6) is 0 Å². The summed E-state index contributed by atoms with van der Waals surface area (Å²) in [6.45, 7) is 0.568. The maximum absolute atomic E-state index is 11.0. The van der Waals surface area contributed by atoms with Gasteiger partial charge in [0.25, 0.3) is 0 Å². The number of hydrogen-bond acceptors (Lipinski definition) is 4. The number of esters is 1. The van der Waals surface area contributed by atoms with Crippen LogP contribution in [0.25, 0.3) is 0 Å². The van der Waals surface area contributed by atoms with Crippen molar-refractivity contribution in [3.05, 3.63) is 0 Å². The maximum atomic E-state index is 11.0. The van der Waals surface area contributed by atoms with Crippen molar-refractivity contribution in [1.29, 1.82) is 0 Å². The van der Waals surface area contributed by atoms with Crippen LogP contribution in [0, 0.1) is 5.92 Å². The van der Waals surface area contributed by atoms with Crippen molar-refractivity contribution in [2.45, 2.75) is 12.7 Å². The summed E-state index contributed by atoms with van der Waals surface area (Å²) in [6.07, 6.45) is 0.271. The lowest BCUT2D eigenvalue weighted by atomic mass is 10.1. The van der Waals surface area contributed by atoms with Gasteiger partial charge in [-0.1, -0.05) is 0 Å². The van der Waals surface area contributed by atoms with E-state index < -0.39 is 6.29 Å². The van der Waals surface area contributed by atoms with Gasteiger partial charge in [-0.15, -0.1) is 0 Å². The highest BCUT2D eigenvalue weighted by molar-refractivity contribution is 5.72. The Morgan fingerprint density at radius 3 is 2.82 bits per heavy atom. The Labute approximate surface area is 65.4 Å². The van der Waals surface area contributed by atoms with Crippen molar-refractivity contribution < 1.29 is 19.0 Å². The van der Waals surface area contributed by atoms with Crippen molar-refractivity contribution in [2.75, 3.05) is 20.8 Å². The number of hydrogen-bond donors (Lipinski definition) is 0. The SMILES string of the molecule is COC(=O)[C@H]1CCO[C@H]1OC. The topological polar surface area (TPSA) is 44.8 Å². The lowest BCUT2D eigenvalue weighted by molar-refractivity contribution is -0.161.